The van der Waals surface area contributed by atoms with Crippen molar-refractivity contribution in [2.45, 2.75) is 26.0 Å². The molecule has 0 aromatic rings. The van der Waals surface area contributed by atoms with E-state index in [9.17, 15) is 0 Å². The highest BCUT2D eigenvalue weighted by Gasteiger charge is 1.94. The van der Waals surface area contributed by atoms with Crippen LogP contribution in [0.2, 0.25) is 0 Å². The summed E-state index contributed by atoms with van der Waals surface area (Å²) in [4.78, 5) is 0. The largest absolute Gasteiger partial charge is 0.484 e. The van der Waals surface area contributed by atoms with Gasteiger partial charge in [-0.15, -0.1) is 0 Å². The molecule has 0 aliphatic heterocycles. The Hall–Kier alpha value is -0.500. The molecule has 0 fully saturated rings. The van der Waals surface area contributed by atoms with Gasteiger partial charge in [-0.2, -0.15) is 0 Å². The van der Waals surface area contributed by atoms with Crippen molar-refractivity contribution in [3.05, 3.63) is 12.8 Å². The highest BCUT2D eigenvalue weighted by atomic mass is 16.5. The van der Waals surface area contributed by atoms with Crippen LogP contribution in [-0.4, -0.2) is 6.23 Å². The van der Waals surface area contributed by atoms with Crippen LogP contribution in [0.3, 0.4) is 0 Å². The summed E-state index contributed by atoms with van der Waals surface area (Å²) in [6.45, 7) is 5.44. The second kappa shape index (κ2) is 4.65. The van der Waals surface area contributed by atoms with Gasteiger partial charge < -0.3 is 4.74 Å². The average Bonchev–Trinajstić information content (AvgIpc) is 1.68. The molecular formula is C6H13NO. The summed E-state index contributed by atoms with van der Waals surface area (Å²) in [5, 5.41) is 0. The van der Waals surface area contributed by atoms with Crippen molar-refractivity contribution < 1.29 is 4.74 Å². The van der Waals surface area contributed by atoms with Gasteiger partial charge in [-0.1, -0.05) is 19.9 Å². The van der Waals surface area contributed by atoms with Crippen LogP contribution in [-0.2, 0) is 4.74 Å². The molecule has 0 saturated heterocycles. The van der Waals surface area contributed by atoms with Gasteiger partial charge in [0, 0.05) is 0 Å². The molecule has 0 bridgehead atoms. The Morgan fingerprint density at radius 3 is 2.88 bits per heavy atom. The van der Waals surface area contributed by atoms with Crippen LogP contribution >= 0.6 is 0 Å². The Bertz CT molecular complexity index is 63.5. The molecule has 0 aliphatic rings. The minimum Gasteiger partial charge on any atom is -0.484 e. The normalized spacial score (nSPS) is 12.8. The van der Waals surface area contributed by atoms with Crippen molar-refractivity contribution in [1.82, 2.24) is 0 Å². The van der Waals surface area contributed by atoms with Crippen LogP contribution in [0.4, 0.5) is 0 Å². The molecule has 0 spiro atoms. The highest BCUT2D eigenvalue weighted by Crippen LogP contribution is 1.93. The van der Waals surface area contributed by atoms with Gasteiger partial charge in [0.25, 0.3) is 0 Å². The molecule has 2 heteroatoms. The summed E-state index contributed by atoms with van der Waals surface area (Å²) < 4.78 is 4.82. The topological polar surface area (TPSA) is 35.2 Å². The van der Waals surface area contributed by atoms with Gasteiger partial charge in [-0.3, -0.25) is 5.73 Å². The lowest BCUT2D eigenvalue weighted by Gasteiger charge is -2.07. The third kappa shape index (κ3) is 3.68. The fourth-order valence-corrected chi connectivity index (χ4v) is 0.476. The van der Waals surface area contributed by atoms with Crippen LogP contribution in [0, 0.1) is 0 Å². The van der Waals surface area contributed by atoms with Crippen LogP contribution in [0.5, 0.6) is 0 Å². The van der Waals surface area contributed by atoms with Gasteiger partial charge in [-0.25, -0.2) is 0 Å². The smallest absolute Gasteiger partial charge is 0.146 e. The molecule has 0 rings (SSSR count). The first kappa shape index (κ1) is 7.50. The summed E-state index contributed by atoms with van der Waals surface area (Å²) in [6, 6.07) is 0. The Labute approximate surface area is 50.3 Å². The average molecular weight is 115 g/mol. The van der Waals surface area contributed by atoms with Crippen molar-refractivity contribution >= 4 is 0 Å². The van der Waals surface area contributed by atoms with Crippen molar-refractivity contribution in [3.63, 3.8) is 0 Å². The maximum atomic E-state index is 5.40. The van der Waals surface area contributed by atoms with E-state index in [1.54, 1.807) is 0 Å². The summed E-state index contributed by atoms with van der Waals surface area (Å²) in [7, 11) is 0. The lowest BCUT2D eigenvalue weighted by Crippen LogP contribution is -2.20. The molecule has 2 nitrogen and oxygen atoms in total. The molecule has 0 heterocycles. The summed E-state index contributed by atoms with van der Waals surface area (Å²) in [5.74, 6) is 0. The maximum Gasteiger partial charge on any atom is 0.146 e. The predicted molar refractivity (Wildman–Crippen MR) is 34.2 cm³/mol. The van der Waals surface area contributed by atoms with Crippen LogP contribution in [0.1, 0.15) is 19.8 Å². The number of hydrogen-bond donors (Lipinski definition) is 1. The van der Waals surface area contributed by atoms with Crippen LogP contribution in [0.15, 0.2) is 12.8 Å². The van der Waals surface area contributed by atoms with Gasteiger partial charge in [0.15, 0.2) is 0 Å². The lowest BCUT2D eigenvalue weighted by molar-refractivity contribution is 0.142. The molecule has 0 aromatic carbocycles. The first-order valence-electron chi connectivity index (χ1n) is 2.83. The van der Waals surface area contributed by atoms with E-state index in [0.717, 1.165) is 12.8 Å². The van der Waals surface area contributed by atoms with Crippen LogP contribution in [0.25, 0.3) is 0 Å². The Kier molecular flexibility index (Phi) is 4.36. The third-order valence-corrected chi connectivity index (χ3v) is 0.844. The van der Waals surface area contributed by atoms with E-state index in [2.05, 4.69) is 13.5 Å². The molecule has 1 atom stereocenters. The van der Waals surface area contributed by atoms with E-state index in [1.807, 2.05) is 0 Å². The number of hydrogen-bond acceptors (Lipinski definition) is 2. The van der Waals surface area contributed by atoms with E-state index in [0.29, 0.717) is 0 Å². The third-order valence-electron chi connectivity index (χ3n) is 0.844. The molecule has 8 heavy (non-hydrogen) atoms. The number of rotatable bonds is 4. The molecule has 0 aliphatic carbocycles. The van der Waals surface area contributed by atoms with E-state index >= 15 is 0 Å². The van der Waals surface area contributed by atoms with E-state index < -0.39 is 0 Å². The van der Waals surface area contributed by atoms with Crippen molar-refractivity contribution in [3.8, 4) is 0 Å². The Morgan fingerprint density at radius 1 is 1.88 bits per heavy atom. The van der Waals surface area contributed by atoms with Crippen molar-refractivity contribution in [1.29, 1.82) is 0 Å². The van der Waals surface area contributed by atoms with Gasteiger partial charge in [0.1, 0.15) is 6.23 Å². The SMILES string of the molecule is C=COC(N)CCC. The molecule has 0 amide bonds. The quantitative estimate of drug-likeness (QED) is 0.442. The van der Waals surface area contributed by atoms with Crippen LogP contribution < -0.4 is 5.73 Å². The van der Waals surface area contributed by atoms with Crippen molar-refractivity contribution in [2.75, 3.05) is 0 Å². The number of ether oxygens (including phenoxy) is 1. The first-order valence-corrected chi connectivity index (χ1v) is 2.83. The molecule has 2 N–H and O–H groups in total. The fourth-order valence-electron chi connectivity index (χ4n) is 0.476. The van der Waals surface area contributed by atoms with Gasteiger partial charge >= 0.3 is 0 Å². The minimum atomic E-state index is -0.155. The summed E-state index contributed by atoms with van der Waals surface area (Å²) in [6.07, 6.45) is 3.17. The molecule has 0 saturated carbocycles. The zero-order valence-corrected chi connectivity index (χ0v) is 5.26. The van der Waals surface area contributed by atoms with Gasteiger partial charge in [0.2, 0.25) is 0 Å². The van der Waals surface area contributed by atoms with E-state index in [-0.39, 0.29) is 6.23 Å². The zero-order chi connectivity index (χ0) is 6.41. The maximum absolute atomic E-state index is 5.40. The fraction of sp³-hybridized carbons (Fsp3) is 0.667. The highest BCUT2D eigenvalue weighted by molar-refractivity contribution is 4.54. The first-order chi connectivity index (χ1) is 3.81. The Balaban J connectivity index is 3.03. The minimum absolute atomic E-state index is 0.155. The predicted octanol–water partition coefficient (Wildman–Crippen LogP) is 1.23. The molecule has 48 valence electrons. The van der Waals surface area contributed by atoms with Gasteiger partial charge in [0.05, 0.1) is 6.26 Å². The monoisotopic (exact) mass is 115 g/mol. The van der Waals surface area contributed by atoms with Crippen molar-refractivity contribution in [2.24, 2.45) is 5.73 Å². The molecule has 1 unspecified atom stereocenters. The summed E-state index contributed by atoms with van der Waals surface area (Å²) in [5.41, 5.74) is 5.40. The molecule has 0 aromatic heterocycles. The standard InChI is InChI=1S/C6H13NO/c1-3-5-6(7)8-4-2/h4,6H,2-3,5,7H2,1H3. The molecule has 0 radical (unpaired) electrons. The Morgan fingerprint density at radius 2 is 2.50 bits per heavy atom. The summed E-state index contributed by atoms with van der Waals surface area (Å²) >= 11 is 0. The van der Waals surface area contributed by atoms with E-state index in [1.165, 1.54) is 6.26 Å². The van der Waals surface area contributed by atoms with Gasteiger partial charge in [-0.05, 0) is 6.42 Å². The molecular weight excluding hydrogens is 102 g/mol. The van der Waals surface area contributed by atoms with E-state index in [4.69, 9.17) is 10.5 Å². The lowest BCUT2D eigenvalue weighted by atomic mass is 10.3. The second-order valence-corrected chi connectivity index (χ2v) is 1.63. The second-order valence-electron chi connectivity index (χ2n) is 1.63. The zero-order valence-electron chi connectivity index (χ0n) is 5.26. The number of nitrogens with two attached hydrogens (primary N) is 1.